The molecular formula is C29H39N8O15-3. The normalized spacial score (nSPS) is 12.1. The minimum Gasteiger partial charge on any atom is -0.550 e. The van der Waals surface area contributed by atoms with Gasteiger partial charge in [0.05, 0.1) is 99.0 Å². The average molecular weight is 740 g/mol. The van der Waals surface area contributed by atoms with E-state index in [4.69, 9.17) is 18.9 Å². The van der Waals surface area contributed by atoms with Crippen molar-refractivity contribution in [1.29, 1.82) is 0 Å². The molecule has 1 heterocycles. The molecule has 0 radical (unpaired) electrons. The maximum Gasteiger partial charge on any atom is 0.315 e. The van der Waals surface area contributed by atoms with Gasteiger partial charge in [-0.15, -0.1) is 5.10 Å². The molecule has 288 valence electrons. The topological polar surface area (TPSA) is 327 Å². The lowest BCUT2D eigenvalue weighted by atomic mass is 10.1. The van der Waals surface area contributed by atoms with Crippen LogP contribution in [0.3, 0.4) is 0 Å². The Morgan fingerprint density at radius 3 is 1.96 bits per heavy atom. The van der Waals surface area contributed by atoms with Crippen LogP contribution in [0.15, 0.2) is 24.4 Å². The van der Waals surface area contributed by atoms with Crippen LogP contribution in [-0.2, 0) is 46.5 Å². The molecule has 2 amide bonds. The molecule has 0 aliphatic heterocycles. The van der Waals surface area contributed by atoms with Crippen molar-refractivity contribution < 1.29 is 63.3 Å². The molecule has 0 unspecified atom stereocenters. The van der Waals surface area contributed by atoms with Crippen LogP contribution in [0.5, 0.6) is 0 Å². The molecule has 0 spiro atoms. The van der Waals surface area contributed by atoms with E-state index in [-0.39, 0.29) is 50.8 Å². The first-order valence-electron chi connectivity index (χ1n) is 15.9. The number of nitrogens with zero attached hydrogens (tertiary/aromatic N) is 5. The van der Waals surface area contributed by atoms with Crippen LogP contribution in [0.2, 0.25) is 0 Å². The summed E-state index contributed by atoms with van der Waals surface area (Å²) in [4.78, 5) is 65.6. The van der Waals surface area contributed by atoms with Crippen molar-refractivity contribution in [1.82, 2.24) is 25.6 Å². The molecule has 1 aromatic carbocycles. The SMILES string of the molecule is O=C([O-])CC[C@H](NC(=O)N[C@@H](CCCCn1cc(COCCOCCOCCOCCNc2ccc([N+](=O)[O-])cc2[N+](=O)[O-])nn1)C(=O)[O-])C(=O)[O-]. The highest BCUT2D eigenvalue weighted by Crippen LogP contribution is 2.28. The lowest BCUT2D eigenvalue weighted by molar-refractivity contribution is -0.393. The number of aliphatic carboxylic acids is 3. The maximum atomic E-state index is 12.0. The summed E-state index contributed by atoms with van der Waals surface area (Å²) in [5, 5.41) is 69.8. The quantitative estimate of drug-likeness (QED) is 0.0425. The van der Waals surface area contributed by atoms with Gasteiger partial charge in [-0.1, -0.05) is 5.21 Å². The van der Waals surface area contributed by atoms with E-state index in [9.17, 15) is 54.7 Å². The van der Waals surface area contributed by atoms with Crippen molar-refractivity contribution in [3.63, 3.8) is 0 Å². The van der Waals surface area contributed by atoms with Crippen molar-refractivity contribution in [2.75, 3.05) is 58.1 Å². The second-order valence-corrected chi connectivity index (χ2v) is 10.8. The Hall–Kier alpha value is -5.52. The number of anilines is 1. The van der Waals surface area contributed by atoms with Gasteiger partial charge < -0.3 is 64.6 Å². The highest BCUT2D eigenvalue weighted by molar-refractivity contribution is 5.85. The Morgan fingerprint density at radius 1 is 0.788 bits per heavy atom. The van der Waals surface area contributed by atoms with E-state index in [1.807, 2.05) is 5.32 Å². The first kappa shape index (κ1) is 42.6. The Balaban J connectivity index is 1.48. The van der Waals surface area contributed by atoms with E-state index in [1.54, 1.807) is 6.20 Å². The number of aryl methyl sites for hydroxylation is 1. The molecule has 23 heteroatoms. The number of nitro groups is 2. The van der Waals surface area contributed by atoms with E-state index in [1.165, 1.54) is 16.8 Å². The number of amides is 2. The van der Waals surface area contributed by atoms with Crippen molar-refractivity contribution in [3.05, 3.63) is 50.3 Å². The van der Waals surface area contributed by atoms with E-state index in [0.717, 1.165) is 6.07 Å². The summed E-state index contributed by atoms with van der Waals surface area (Å²) >= 11 is 0. The second-order valence-electron chi connectivity index (χ2n) is 10.8. The van der Waals surface area contributed by atoms with Gasteiger partial charge in [0.2, 0.25) is 0 Å². The predicted octanol–water partition coefficient (Wildman–Crippen LogP) is -2.99. The van der Waals surface area contributed by atoms with Gasteiger partial charge in [0.1, 0.15) is 11.4 Å². The summed E-state index contributed by atoms with van der Waals surface area (Å²) in [7, 11) is 0. The van der Waals surface area contributed by atoms with Crippen molar-refractivity contribution in [2.24, 2.45) is 0 Å². The van der Waals surface area contributed by atoms with Crippen LogP contribution >= 0.6 is 0 Å². The number of carboxylic acids is 3. The number of hydrogen-bond acceptors (Lipinski definition) is 18. The molecule has 0 saturated carbocycles. The van der Waals surface area contributed by atoms with Gasteiger partial charge in [-0.05, 0) is 38.2 Å². The lowest BCUT2D eigenvalue weighted by Crippen LogP contribution is -2.56. The molecule has 1 aromatic heterocycles. The molecule has 0 saturated heterocycles. The lowest BCUT2D eigenvalue weighted by Gasteiger charge is -2.24. The number of benzene rings is 1. The van der Waals surface area contributed by atoms with Crippen LogP contribution in [0.25, 0.3) is 0 Å². The fourth-order valence-electron chi connectivity index (χ4n) is 4.28. The minimum absolute atomic E-state index is 0.0320. The zero-order valence-corrected chi connectivity index (χ0v) is 27.9. The fourth-order valence-corrected chi connectivity index (χ4v) is 4.28. The average Bonchev–Trinajstić information content (AvgIpc) is 3.55. The third-order valence-electron chi connectivity index (χ3n) is 6.85. The third kappa shape index (κ3) is 17.4. The zero-order chi connectivity index (χ0) is 38.3. The number of carbonyl (C=O) groups excluding carboxylic acids is 4. The van der Waals surface area contributed by atoms with Crippen LogP contribution in [-0.4, -0.2) is 114 Å². The number of nitrogens with one attached hydrogen (secondary N) is 3. The number of urea groups is 1. The van der Waals surface area contributed by atoms with E-state index in [2.05, 4.69) is 20.9 Å². The van der Waals surface area contributed by atoms with Crippen LogP contribution in [0.4, 0.5) is 21.9 Å². The third-order valence-corrected chi connectivity index (χ3v) is 6.85. The monoisotopic (exact) mass is 739 g/mol. The summed E-state index contributed by atoms with van der Waals surface area (Å²) in [5.74, 6) is -4.84. The molecule has 0 aliphatic carbocycles. The predicted molar refractivity (Wildman–Crippen MR) is 168 cm³/mol. The first-order valence-corrected chi connectivity index (χ1v) is 15.9. The van der Waals surface area contributed by atoms with Gasteiger partial charge in [-0.25, -0.2) is 4.79 Å². The Morgan fingerprint density at radius 2 is 1.38 bits per heavy atom. The molecule has 0 aliphatic rings. The van der Waals surface area contributed by atoms with Gasteiger partial charge in [0.15, 0.2) is 0 Å². The summed E-state index contributed by atoms with van der Waals surface area (Å²) < 4.78 is 23.3. The standard InChI is InChI=1S/C29H42N8O15/c38-26(39)7-6-24(28(42)43)32-29(44)31-23(27(40)41)3-1-2-9-35-18-20(33-34-35)19-52-16-15-51-14-13-50-12-11-49-10-8-30-22-5-4-21(36(45)46)17-25(22)37(47)48/h4-5,17-18,23-24,30H,1-3,6-16,19H2,(H,38,39)(H,40,41)(H,42,43)(H2,31,32,44)/p-3/t23-,24-/m0/s1. The van der Waals surface area contributed by atoms with Crippen molar-refractivity contribution >= 4 is 41.0 Å². The number of unbranched alkanes of at least 4 members (excludes halogenated alkanes) is 1. The number of nitro benzene ring substituents is 2. The molecule has 52 heavy (non-hydrogen) atoms. The van der Waals surface area contributed by atoms with Gasteiger partial charge in [-0.3, -0.25) is 24.9 Å². The summed E-state index contributed by atoms with van der Waals surface area (Å²) in [6.45, 7) is 2.79. The maximum absolute atomic E-state index is 12.0. The molecule has 3 N–H and O–H groups in total. The van der Waals surface area contributed by atoms with Crippen molar-refractivity contribution in [2.45, 2.75) is 57.3 Å². The van der Waals surface area contributed by atoms with E-state index >= 15 is 0 Å². The fraction of sp³-hybridized carbons (Fsp3) is 0.586. The molecule has 0 bridgehead atoms. The molecule has 0 fully saturated rings. The second kappa shape index (κ2) is 23.8. The number of non-ortho nitro benzene ring substituents is 1. The number of aromatic nitrogens is 3. The highest BCUT2D eigenvalue weighted by atomic mass is 16.6. The Kier molecular flexibility index (Phi) is 19.5. The number of hydrogen-bond donors (Lipinski definition) is 3. The summed E-state index contributed by atoms with van der Waals surface area (Å²) in [6, 6.07) is -0.887. The molecule has 2 atom stereocenters. The van der Waals surface area contributed by atoms with E-state index < -0.39 is 64.4 Å². The zero-order valence-electron chi connectivity index (χ0n) is 27.9. The van der Waals surface area contributed by atoms with Crippen LogP contribution < -0.4 is 31.3 Å². The van der Waals surface area contributed by atoms with Crippen molar-refractivity contribution in [3.8, 4) is 0 Å². The van der Waals surface area contributed by atoms with Gasteiger partial charge in [0.25, 0.3) is 11.4 Å². The number of ether oxygens (including phenoxy) is 4. The van der Waals surface area contributed by atoms with Gasteiger partial charge >= 0.3 is 6.03 Å². The number of rotatable bonds is 29. The summed E-state index contributed by atoms with van der Waals surface area (Å²) in [5.41, 5.74) is -0.0832. The minimum atomic E-state index is -1.73. The smallest absolute Gasteiger partial charge is 0.315 e. The van der Waals surface area contributed by atoms with Gasteiger partial charge in [0, 0.05) is 25.1 Å². The summed E-state index contributed by atoms with van der Waals surface area (Å²) in [6.07, 6.45) is 1.26. The highest BCUT2D eigenvalue weighted by Gasteiger charge is 2.20. The molecule has 23 nitrogen and oxygen atoms in total. The van der Waals surface area contributed by atoms with Gasteiger partial charge in [-0.2, -0.15) is 0 Å². The number of carbonyl (C=O) groups is 4. The Labute approximate surface area is 295 Å². The molecule has 2 aromatic rings. The van der Waals surface area contributed by atoms with Crippen LogP contribution in [0, 0.1) is 20.2 Å². The first-order chi connectivity index (χ1) is 24.9. The molecule has 2 rings (SSSR count). The molecular weight excluding hydrogens is 700 g/mol. The Bertz CT molecular complexity index is 1470. The number of carboxylic acid groups (broad SMARTS) is 3. The van der Waals surface area contributed by atoms with Crippen LogP contribution in [0.1, 0.15) is 37.8 Å². The largest absolute Gasteiger partial charge is 0.550 e. The van der Waals surface area contributed by atoms with E-state index in [0.29, 0.717) is 51.5 Å².